The molecule has 0 atom stereocenters. The molecule has 31 heavy (non-hydrogen) atoms. The number of benzene rings is 3. The van der Waals surface area contributed by atoms with Crippen molar-refractivity contribution in [1.82, 2.24) is 9.80 Å². The Bertz CT molecular complexity index is 1190. The van der Waals surface area contributed by atoms with Gasteiger partial charge in [0.1, 0.15) is 0 Å². The summed E-state index contributed by atoms with van der Waals surface area (Å²) in [5, 5.41) is 8.90. The maximum absolute atomic E-state index is 12.9. The first-order valence-electron chi connectivity index (χ1n) is 9.76. The van der Waals surface area contributed by atoms with Crippen molar-refractivity contribution in [3.8, 4) is 6.07 Å². The van der Waals surface area contributed by atoms with Crippen molar-refractivity contribution in [3.63, 3.8) is 0 Å². The van der Waals surface area contributed by atoms with Gasteiger partial charge in [-0.15, -0.1) is 0 Å². The molecule has 3 amide bonds. The van der Waals surface area contributed by atoms with Crippen LogP contribution in [0.25, 0.3) is 0 Å². The summed E-state index contributed by atoms with van der Waals surface area (Å²) >= 11 is 0. The molecule has 6 nitrogen and oxygen atoms in total. The van der Waals surface area contributed by atoms with Gasteiger partial charge in [-0.25, -0.2) is 0 Å². The Kier molecular flexibility index (Phi) is 5.33. The fraction of sp³-hybridized carbons (Fsp3) is 0.120. The SMILES string of the molecule is CN(Cc1ccc(C#N)cc1)C(=O)c1cccc(CN2C(=O)c3ccccc3C2=O)c1. The molecule has 0 spiro atoms. The summed E-state index contributed by atoms with van der Waals surface area (Å²) in [6, 6.07) is 22.9. The van der Waals surface area contributed by atoms with Crippen LogP contribution < -0.4 is 0 Å². The summed E-state index contributed by atoms with van der Waals surface area (Å²) < 4.78 is 0. The molecule has 1 aliphatic heterocycles. The summed E-state index contributed by atoms with van der Waals surface area (Å²) in [5.74, 6) is -0.820. The van der Waals surface area contributed by atoms with Gasteiger partial charge in [-0.2, -0.15) is 5.26 Å². The van der Waals surface area contributed by atoms with E-state index in [2.05, 4.69) is 6.07 Å². The molecule has 0 aromatic heterocycles. The number of rotatable bonds is 5. The molecule has 4 rings (SSSR count). The van der Waals surface area contributed by atoms with Gasteiger partial charge < -0.3 is 4.90 Å². The van der Waals surface area contributed by atoms with Gasteiger partial charge in [0.25, 0.3) is 17.7 Å². The van der Waals surface area contributed by atoms with Crippen molar-refractivity contribution < 1.29 is 14.4 Å². The second kappa shape index (κ2) is 8.25. The van der Waals surface area contributed by atoms with E-state index in [0.29, 0.717) is 34.4 Å². The van der Waals surface area contributed by atoms with Gasteiger partial charge in [-0.05, 0) is 47.5 Å². The highest BCUT2D eigenvalue weighted by Gasteiger charge is 2.35. The second-order valence-electron chi connectivity index (χ2n) is 7.41. The molecule has 0 fully saturated rings. The van der Waals surface area contributed by atoms with E-state index in [0.717, 1.165) is 5.56 Å². The minimum absolute atomic E-state index is 0.104. The van der Waals surface area contributed by atoms with Crippen LogP contribution in [0.5, 0.6) is 0 Å². The number of carbonyl (C=O) groups excluding carboxylic acids is 3. The van der Waals surface area contributed by atoms with E-state index in [1.165, 1.54) is 4.90 Å². The van der Waals surface area contributed by atoms with Crippen molar-refractivity contribution in [2.75, 3.05) is 7.05 Å². The number of carbonyl (C=O) groups is 3. The number of fused-ring (bicyclic) bond motifs is 1. The van der Waals surface area contributed by atoms with Crippen molar-refractivity contribution in [2.45, 2.75) is 13.1 Å². The summed E-state index contributed by atoms with van der Waals surface area (Å²) in [4.78, 5) is 40.9. The maximum Gasteiger partial charge on any atom is 0.261 e. The molecular formula is C25H19N3O3. The van der Waals surface area contributed by atoms with Gasteiger partial charge >= 0.3 is 0 Å². The fourth-order valence-electron chi connectivity index (χ4n) is 3.62. The predicted molar refractivity (Wildman–Crippen MR) is 114 cm³/mol. The van der Waals surface area contributed by atoms with Crippen molar-refractivity contribution >= 4 is 17.7 Å². The van der Waals surface area contributed by atoms with Gasteiger partial charge in [-0.3, -0.25) is 19.3 Å². The molecule has 0 N–H and O–H groups in total. The molecule has 152 valence electrons. The molecule has 0 unspecified atom stereocenters. The lowest BCUT2D eigenvalue weighted by atomic mass is 10.1. The molecule has 6 heteroatoms. The molecular weight excluding hydrogens is 390 g/mol. The van der Waals surface area contributed by atoms with E-state index >= 15 is 0 Å². The number of hydrogen-bond acceptors (Lipinski definition) is 4. The Morgan fingerprint density at radius 2 is 1.55 bits per heavy atom. The molecule has 0 aliphatic carbocycles. The lowest BCUT2D eigenvalue weighted by Gasteiger charge is -2.19. The first-order chi connectivity index (χ1) is 15.0. The summed E-state index contributed by atoms with van der Waals surface area (Å²) in [6.45, 7) is 0.500. The molecule has 0 saturated carbocycles. The molecule has 1 aliphatic rings. The van der Waals surface area contributed by atoms with Gasteiger partial charge in [0, 0.05) is 19.2 Å². The van der Waals surface area contributed by atoms with E-state index in [4.69, 9.17) is 5.26 Å². The molecule has 0 saturated heterocycles. The van der Waals surface area contributed by atoms with Crippen LogP contribution in [-0.2, 0) is 13.1 Å². The average Bonchev–Trinajstić information content (AvgIpc) is 3.04. The smallest absolute Gasteiger partial charge is 0.261 e. The summed E-state index contributed by atoms with van der Waals surface area (Å²) in [6.07, 6.45) is 0. The van der Waals surface area contributed by atoms with E-state index in [-0.39, 0.29) is 24.3 Å². The normalized spacial score (nSPS) is 12.5. The zero-order valence-corrected chi connectivity index (χ0v) is 16.9. The van der Waals surface area contributed by atoms with Gasteiger partial charge in [0.2, 0.25) is 0 Å². The Balaban J connectivity index is 1.48. The average molecular weight is 409 g/mol. The lowest BCUT2D eigenvalue weighted by molar-refractivity contribution is 0.0642. The van der Waals surface area contributed by atoms with E-state index in [9.17, 15) is 14.4 Å². The first kappa shape index (κ1) is 20.0. The minimum atomic E-state index is -0.324. The number of imide groups is 1. The minimum Gasteiger partial charge on any atom is -0.337 e. The Morgan fingerprint density at radius 3 is 2.16 bits per heavy atom. The van der Waals surface area contributed by atoms with Crippen LogP contribution >= 0.6 is 0 Å². The number of amides is 3. The lowest BCUT2D eigenvalue weighted by Crippen LogP contribution is -2.29. The molecule has 0 bridgehead atoms. The second-order valence-corrected chi connectivity index (χ2v) is 7.41. The van der Waals surface area contributed by atoms with Crippen LogP contribution in [0.3, 0.4) is 0 Å². The zero-order chi connectivity index (χ0) is 22.0. The quantitative estimate of drug-likeness (QED) is 0.603. The van der Waals surface area contributed by atoms with Crippen LogP contribution in [0.4, 0.5) is 0 Å². The Hall–Kier alpha value is -4.24. The molecule has 3 aromatic rings. The van der Waals surface area contributed by atoms with Gasteiger partial charge in [-0.1, -0.05) is 36.4 Å². The highest BCUT2D eigenvalue weighted by atomic mass is 16.2. The maximum atomic E-state index is 12.9. The van der Waals surface area contributed by atoms with Crippen LogP contribution in [0.15, 0.2) is 72.8 Å². The first-order valence-corrected chi connectivity index (χ1v) is 9.76. The summed E-state index contributed by atoms with van der Waals surface area (Å²) in [5.41, 5.74) is 3.47. The topological polar surface area (TPSA) is 81.5 Å². The summed E-state index contributed by atoms with van der Waals surface area (Å²) in [7, 11) is 1.71. The van der Waals surface area contributed by atoms with Crippen molar-refractivity contribution in [2.24, 2.45) is 0 Å². The molecule has 3 aromatic carbocycles. The van der Waals surface area contributed by atoms with Crippen molar-refractivity contribution in [1.29, 1.82) is 5.26 Å². The monoisotopic (exact) mass is 409 g/mol. The third-order valence-electron chi connectivity index (χ3n) is 5.24. The van der Waals surface area contributed by atoms with Gasteiger partial charge in [0.15, 0.2) is 0 Å². The highest BCUT2D eigenvalue weighted by molar-refractivity contribution is 6.21. The van der Waals surface area contributed by atoms with Crippen LogP contribution in [-0.4, -0.2) is 34.6 Å². The standard InChI is InChI=1S/C25H19N3O3/c1-27(15-18-11-9-17(14-26)10-12-18)23(29)20-6-4-5-19(13-20)16-28-24(30)21-7-2-3-8-22(21)25(28)31/h2-13H,15-16H2,1H3. The van der Waals surface area contributed by atoms with Crippen LogP contribution in [0, 0.1) is 11.3 Å². The molecule has 1 heterocycles. The predicted octanol–water partition coefficient (Wildman–Crippen LogP) is 3.63. The van der Waals surface area contributed by atoms with Gasteiger partial charge in [0.05, 0.1) is 29.3 Å². The number of hydrogen-bond donors (Lipinski definition) is 0. The zero-order valence-electron chi connectivity index (χ0n) is 16.9. The Labute approximate surface area is 179 Å². The van der Waals surface area contributed by atoms with Crippen molar-refractivity contribution in [3.05, 3.63) is 106 Å². The number of nitriles is 1. The van der Waals surface area contributed by atoms with Crippen LogP contribution in [0.1, 0.15) is 47.8 Å². The fourth-order valence-corrected chi connectivity index (χ4v) is 3.62. The van der Waals surface area contributed by atoms with E-state index < -0.39 is 0 Å². The number of nitrogens with zero attached hydrogens (tertiary/aromatic N) is 3. The third-order valence-corrected chi connectivity index (χ3v) is 5.24. The van der Waals surface area contributed by atoms with E-state index in [1.807, 2.05) is 12.1 Å². The largest absolute Gasteiger partial charge is 0.337 e. The van der Waals surface area contributed by atoms with Crippen LogP contribution in [0.2, 0.25) is 0 Å². The third kappa shape index (κ3) is 3.94. The Morgan fingerprint density at radius 1 is 0.903 bits per heavy atom. The highest BCUT2D eigenvalue weighted by Crippen LogP contribution is 2.24. The molecule has 0 radical (unpaired) electrons. The van der Waals surface area contributed by atoms with E-state index in [1.54, 1.807) is 72.6 Å².